The Morgan fingerprint density at radius 3 is 2.57 bits per heavy atom. The number of ketones is 1. The molecular formula is C26H29ClN6O2. The molecule has 0 spiro atoms. The summed E-state index contributed by atoms with van der Waals surface area (Å²) in [6, 6.07) is 9.62. The molecule has 5 rings (SSSR count). The second kappa shape index (κ2) is 9.09. The minimum atomic E-state index is -0.871. The van der Waals surface area contributed by atoms with Gasteiger partial charge in [0, 0.05) is 55.1 Å². The normalized spacial score (nSPS) is 15.4. The largest absolute Gasteiger partial charge is 0.390 e. The first-order valence-corrected chi connectivity index (χ1v) is 12.1. The van der Waals surface area contributed by atoms with E-state index in [0.717, 1.165) is 28.0 Å². The molecule has 1 N–H and O–H groups in total. The fourth-order valence-corrected chi connectivity index (χ4v) is 4.93. The van der Waals surface area contributed by atoms with E-state index in [1.54, 1.807) is 24.9 Å². The van der Waals surface area contributed by atoms with Crippen LogP contribution < -0.4 is 4.90 Å². The van der Waals surface area contributed by atoms with Crippen molar-refractivity contribution < 1.29 is 9.90 Å². The predicted molar refractivity (Wildman–Crippen MR) is 136 cm³/mol. The summed E-state index contributed by atoms with van der Waals surface area (Å²) in [5.41, 5.74) is 3.09. The lowest BCUT2D eigenvalue weighted by atomic mass is 9.81. The molecule has 3 aromatic heterocycles. The second-order valence-electron chi connectivity index (χ2n) is 10.1. The highest BCUT2D eigenvalue weighted by atomic mass is 35.5. The third kappa shape index (κ3) is 5.09. The number of halogens is 1. The van der Waals surface area contributed by atoms with Crippen LogP contribution in [-0.2, 0) is 11.8 Å². The maximum Gasteiger partial charge on any atom is 0.156 e. The number of nitrogens with zero attached hydrogens (tertiary/aromatic N) is 6. The number of carbonyl (C=O) groups excluding carboxylic acids is 1. The number of carbonyl (C=O) groups is 1. The molecule has 4 aromatic rings. The molecule has 1 fully saturated rings. The van der Waals surface area contributed by atoms with E-state index in [4.69, 9.17) is 11.6 Å². The van der Waals surface area contributed by atoms with Crippen molar-refractivity contribution in [2.75, 3.05) is 18.0 Å². The summed E-state index contributed by atoms with van der Waals surface area (Å²) < 4.78 is 3.59. The van der Waals surface area contributed by atoms with Crippen molar-refractivity contribution in [2.24, 2.45) is 13.0 Å². The molecule has 0 radical (unpaired) electrons. The minimum absolute atomic E-state index is 0.0608. The number of aryl methyl sites for hydroxylation is 1. The summed E-state index contributed by atoms with van der Waals surface area (Å²) >= 11 is 6.05. The van der Waals surface area contributed by atoms with E-state index in [2.05, 4.69) is 26.1 Å². The fourth-order valence-electron chi connectivity index (χ4n) is 4.80. The van der Waals surface area contributed by atoms with Gasteiger partial charge in [-0.15, -0.1) is 0 Å². The fraction of sp³-hybridized carbons (Fsp3) is 0.385. The lowest BCUT2D eigenvalue weighted by Crippen LogP contribution is -2.51. The molecule has 1 saturated heterocycles. The van der Waals surface area contributed by atoms with Gasteiger partial charge in [-0.25, -0.2) is 9.50 Å². The number of aliphatic hydroxyl groups is 1. The van der Waals surface area contributed by atoms with Gasteiger partial charge in [0.05, 0.1) is 17.7 Å². The first kappa shape index (κ1) is 23.5. The number of anilines is 1. The monoisotopic (exact) mass is 492 g/mol. The van der Waals surface area contributed by atoms with Gasteiger partial charge in [-0.05, 0) is 49.9 Å². The SMILES string of the molecule is Cn1cc(-c2cc3c(N4CC(C(=O)C[C@@H](CC(C)(C)O)c5ccc(Cl)cc5)C4)ncnn3c2)cn1. The van der Waals surface area contributed by atoms with Gasteiger partial charge >= 0.3 is 0 Å². The Bertz CT molecular complexity index is 1350. The van der Waals surface area contributed by atoms with Crippen LogP contribution in [0.5, 0.6) is 0 Å². The van der Waals surface area contributed by atoms with Crippen molar-refractivity contribution in [2.45, 2.75) is 38.2 Å². The van der Waals surface area contributed by atoms with Crippen molar-refractivity contribution in [3.63, 3.8) is 0 Å². The number of hydrogen-bond acceptors (Lipinski definition) is 6. The summed E-state index contributed by atoms with van der Waals surface area (Å²) in [6.45, 7) is 4.80. The molecular weight excluding hydrogens is 464 g/mol. The van der Waals surface area contributed by atoms with Gasteiger partial charge in [-0.3, -0.25) is 9.48 Å². The number of benzene rings is 1. The summed E-state index contributed by atoms with van der Waals surface area (Å²) in [5, 5.41) is 19.7. The second-order valence-corrected chi connectivity index (χ2v) is 10.5. The third-order valence-corrected chi connectivity index (χ3v) is 6.85. The van der Waals surface area contributed by atoms with Crippen LogP contribution in [0.1, 0.15) is 38.2 Å². The van der Waals surface area contributed by atoms with Crippen LogP contribution in [0.4, 0.5) is 5.82 Å². The lowest BCUT2D eigenvalue weighted by Gasteiger charge is -2.40. The summed E-state index contributed by atoms with van der Waals surface area (Å²) in [7, 11) is 1.89. The van der Waals surface area contributed by atoms with Crippen LogP contribution in [0.15, 0.2) is 55.2 Å². The minimum Gasteiger partial charge on any atom is -0.390 e. The number of Topliss-reactive ketones (excluding diaryl/α,β-unsaturated/α-hetero) is 1. The van der Waals surface area contributed by atoms with E-state index in [1.807, 2.05) is 54.4 Å². The van der Waals surface area contributed by atoms with Crippen molar-refractivity contribution in [1.82, 2.24) is 24.4 Å². The van der Waals surface area contributed by atoms with Crippen LogP contribution in [0.2, 0.25) is 5.02 Å². The number of rotatable bonds is 8. The van der Waals surface area contributed by atoms with Crippen molar-refractivity contribution in [3.05, 3.63) is 65.8 Å². The molecule has 0 unspecified atom stereocenters. The first-order valence-electron chi connectivity index (χ1n) is 11.7. The molecule has 182 valence electrons. The van der Waals surface area contributed by atoms with E-state index >= 15 is 0 Å². The van der Waals surface area contributed by atoms with Crippen LogP contribution in [0.3, 0.4) is 0 Å². The number of hydrogen-bond donors (Lipinski definition) is 1. The Kier molecular flexibility index (Phi) is 6.11. The number of aromatic nitrogens is 5. The highest BCUT2D eigenvalue weighted by Crippen LogP contribution is 2.35. The molecule has 9 heteroatoms. The Balaban J connectivity index is 1.29. The molecule has 35 heavy (non-hydrogen) atoms. The van der Waals surface area contributed by atoms with Gasteiger partial charge in [0.1, 0.15) is 17.6 Å². The van der Waals surface area contributed by atoms with E-state index in [9.17, 15) is 9.90 Å². The van der Waals surface area contributed by atoms with Gasteiger partial charge in [-0.1, -0.05) is 23.7 Å². The predicted octanol–water partition coefficient (Wildman–Crippen LogP) is 4.12. The highest BCUT2D eigenvalue weighted by Gasteiger charge is 2.36. The van der Waals surface area contributed by atoms with E-state index in [0.29, 0.717) is 31.0 Å². The van der Waals surface area contributed by atoms with Gasteiger partial charge in [0.15, 0.2) is 5.82 Å². The van der Waals surface area contributed by atoms with E-state index < -0.39 is 5.60 Å². The zero-order valence-corrected chi connectivity index (χ0v) is 20.9. The van der Waals surface area contributed by atoms with Crippen LogP contribution in [0.25, 0.3) is 16.6 Å². The molecule has 1 aliphatic rings. The van der Waals surface area contributed by atoms with E-state index in [1.165, 1.54) is 0 Å². The van der Waals surface area contributed by atoms with Gasteiger partial charge < -0.3 is 10.0 Å². The van der Waals surface area contributed by atoms with Crippen LogP contribution in [-0.4, -0.2) is 54.0 Å². The van der Waals surface area contributed by atoms with E-state index in [-0.39, 0.29) is 17.6 Å². The van der Waals surface area contributed by atoms with Crippen molar-refractivity contribution in [1.29, 1.82) is 0 Å². The topological polar surface area (TPSA) is 88.5 Å². The van der Waals surface area contributed by atoms with Crippen molar-refractivity contribution in [3.8, 4) is 11.1 Å². The van der Waals surface area contributed by atoms with Gasteiger partial charge in [-0.2, -0.15) is 10.2 Å². The first-order chi connectivity index (χ1) is 16.7. The summed E-state index contributed by atoms with van der Waals surface area (Å²) in [5.74, 6) is 0.911. The quantitative estimate of drug-likeness (QED) is 0.398. The molecule has 0 amide bonds. The Morgan fingerprint density at radius 2 is 1.91 bits per heavy atom. The van der Waals surface area contributed by atoms with Gasteiger partial charge in [0.2, 0.25) is 0 Å². The molecule has 1 aliphatic heterocycles. The molecule has 0 bridgehead atoms. The molecule has 1 aromatic carbocycles. The molecule has 0 saturated carbocycles. The Morgan fingerprint density at radius 1 is 1.17 bits per heavy atom. The maximum absolute atomic E-state index is 13.2. The Hall–Kier alpha value is -3.23. The number of fused-ring (bicyclic) bond motifs is 1. The van der Waals surface area contributed by atoms with Crippen LogP contribution >= 0.6 is 11.6 Å². The average Bonchev–Trinajstić information content (AvgIpc) is 3.38. The van der Waals surface area contributed by atoms with Crippen LogP contribution in [0, 0.1) is 5.92 Å². The molecule has 0 aliphatic carbocycles. The average molecular weight is 493 g/mol. The standard InChI is InChI=1S/C26H29ClN6O2/c1-26(2,35)10-18(17-4-6-22(27)7-5-17)9-24(34)21-13-32(14-21)25-23-8-19(15-33(23)30-16-28-25)20-11-29-31(3)12-20/h4-8,11-12,15-16,18,21,35H,9-10,13-14H2,1-3H3/t18-/m0/s1. The third-order valence-electron chi connectivity index (χ3n) is 6.60. The summed E-state index contributed by atoms with van der Waals surface area (Å²) in [6.07, 6.45) is 8.19. The molecule has 4 heterocycles. The zero-order chi connectivity index (χ0) is 24.7. The smallest absolute Gasteiger partial charge is 0.156 e. The highest BCUT2D eigenvalue weighted by molar-refractivity contribution is 6.30. The van der Waals surface area contributed by atoms with Gasteiger partial charge in [0.25, 0.3) is 0 Å². The summed E-state index contributed by atoms with van der Waals surface area (Å²) in [4.78, 5) is 19.9. The maximum atomic E-state index is 13.2. The molecule has 8 nitrogen and oxygen atoms in total. The zero-order valence-electron chi connectivity index (χ0n) is 20.1. The molecule has 1 atom stereocenters. The lowest BCUT2D eigenvalue weighted by molar-refractivity contribution is -0.124. The van der Waals surface area contributed by atoms with Crippen molar-refractivity contribution >= 4 is 28.7 Å². The Labute approximate surface area is 209 Å².